The molecule has 0 aromatic heterocycles. The van der Waals surface area contributed by atoms with Crippen molar-refractivity contribution in [3.8, 4) is 0 Å². The summed E-state index contributed by atoms with van der Waals surface area (Å²) in [5.41, 5.74) is 0. The van der Waals surface area contributed by atoms with Crippen molar-refractivity contribution >= 4 is 5.97 Å². The fraction of sp³-hybridized carbons (Fsp3) is 0.750. The van der Waals surface area contributed by atoms with Crippen LogP contribution in [0.3, 0.4) is 0 Å². The SMILES string of the molecule is C/C=C/[C@H]1O[C@H]2C[C@H](C)OC(=O)[C@H]2[C@@H](O)[C@@H]1O. The summed E-state index contributed by atoms with van der Waals surface area (Å²) in [6.45, 7) is 3.60. The minimum Gasteiger partial charge on any atom is -0.462 e. The van der Waals surface area contributed by atoms with Gasteiger partial charge in [0.05, 0.1) is 12.2 Å². The minimum atomic E-state index is -1.13. The number of hydrogen-bond acceptors (Lipinski definition) is 5. The lowest BCUT2D eigenvalue weighted by molar-refractivity contribution is -0.224. The summed E-state index contributed by atoms with van der Waals surface area (Å²) in [5.74, 6) is -1.26. The maximum Gasteiger partial charge on any atom is 0.314 e. The van der Waals surface area contributed by atoms with E-state index in [4.69, 9.17) is 9.47 Å². The zero-order chi connectivity index (χ0) is 12.6. The molecule has 0 spiro atoms. The van der Waals surface area contributed by atoms with E-state index in [9.17, 15) is 15.0 Å². The lowest BCUT2D eigenvalue weighted by Crippen LogP contribution is -2.59. The van der Waals surface area contributed by atoms with Gasteiger partial charge < -0.3 is 19.7 Å². The zero-order valence-corrected chi connectivity index (χ0v) is 9.95. The Bertz CT molecular complexity index is 327. The van der Waals surface area contributed by atoms with E-state index in [1.165, 1.54) is 0 Å². The van der Waals surface area contributed by atoms with Crippen LogP contribution in [0.5, 0.6) is 0 Å². The smallest absolute Gasteiger partial charge is 0.314 e. The van der Waals surface area contributed by atoms with E-state index in [1.807, 2.05) is 6.92 Å². The molecule has 2 N–H and O–H groups in total. The van der Waals surface area contributed by atoms with Gasteiger partial charge in [0.15, 0.2) is 0 Å². The highest BCUT2D eigenvalue weighted by Crippen LogP contribution is 2.34. The van der Waals surface area contributed by atoms with E-state index in [0.717, 1.165) is 0 Å². The van der Waals surface area contributed by atoms with Gasteiger partial charge in [-0.1, -0.05) is 12.2 Å². The summed E-state index contributed by atoms with van der Waals surface area (Å²) in [6, 6.07) is 0. The van der Waals surface area contributed by atoms with E-state index in [2.05, 4.69) is 0 Å². The number of hydrogen-bond donors (Lipinski definition) is 2. The fourth-order valence-corrected chi connectivity index (χ4v) is 2.49. The van der Waals surface area contributed by atoms with Gasteiger partial charge in [0.2, 0.25) is 0 Å². The molecular formula is C12H18O5. The number of aliphatic hydroxyl groups is 2. The van der Waals surface area contributed by atoms with E-state index in [0.29, 0.717) is 6.42 Å². The first kappa shape index (κ1) is 12.5. The lowest BCUT2D eigenvalue weighted by Gasteiger charge is -2.44. The van der Waals surface area contributed by atoms with Gasteiger partial charge in [0.25, 0.3) is 0 Å². The highest BCUT2D eigenvalue weighted by molar-refractivity contribution is 5.75. The molecule has 2 heterocycles. The molecule has 0 unspecified atom stereocenters. The van der Waals surface area contributed by atoms with Crippen LogP contribution >= 0.6 is 0 Å². The number of aliphatic hydroxyl groups excluding tert-OH is 2. The highest BCUT2D eigenvalue weighted by Gasteiger charge is 2.50. The second-order valence-electron chi connectivity index (χ2n) is 4.66. The molecule has 5 nitrogen and oxygen atoms in total. The number of fused-ring (bicyclic) bond motifs is 1. The summed E-state index contributed by atoms with van der Waals surface area (Å²) in [7, 11) is 0. The van der Waals surface area contributed by atoms with E-state index in [1.54, 1.807) is 19.1 Å². The number of ether oxygens (including phenoxy) is 2. The van der Waals surface area contributed by atoms with Crippen LogP contribution in [0.15, 0.2) is 12.2 Å². The molecule has 6 atom stereocenters. The summed E-state index contributed by atoms with van der Waals surface area (Å²) in [6.07, 6.45) is 0.620. The second-order valence-corrected chi connectivity index (χ2v) is 4.66. The molecule has 17 heavy (non-hydrogen) atoms. The molecule has 0 aromatic rings. The van der Waals surface area contributed by atoms with E-state index >= 15 is 0 Å². The van der Waals surface area contributed by atoms with Crippen LogP contribution in [-0.2, 0) is 14.3 Å². The molecular weight excluding hydrogens is 224 g/mol. The largest absolute Gasteiger partial charge is 0.462 e. The number of rotatable bonds is 1. The van der Waals surface area contributed by atoms with Crippen molar-refractivity contribution in [2.24, 2.45) is 5.92 Å². The number of allylic oxidation sites excluding steroid dienone is 1. The van der Waals surface area contributed by atoms with Crippen molar-refractivity contribution in [3.05, 3.63) is 12.2 Å². The molecule has 2 fully saturated rings. The number of cyclic esters (lactones) is 1. The molecule has 5 heteroatoms. The Hall–Kier alpha value is -0.910. The predicted octanol–water partition coefficient (Wildman–Crippen LogP) is 0.00330. The van der Waals surface area contributed by atoms with Crippen molar-refractivity contribution in [2.75, 3.05) is 0 Å². The third-order valence-electron chi connectivity index (χ3n) is 3.32. The summed E-state index contributed by atoms with van der Waals surface area (Å²) in [4.78, 5) is 11.7. The molecule has 2 aliphatic rings. The van der Waals surface area contributed by atoms with Crippen LogP contribution in [0, 0.1) is 5.92 Å². The summed E-state index contributed by atoms with van der Waals surface area (Å²) in [5, 5.41) is 19.8. The van der Waals surface area contributed by atoms with Crippen molar-refractivity contribution in [2.45, 2.75) is 50.8 Å². The molecule has 0 bridgehead atoms. The Balaban J connectivity index is 2.19. The Morgan fingerprint density at radius 1 is 1.35 bits per heavy atom. The van der Waals surface area contributed by atoms with Gasteiger partial charge in [-0.2, -0.15) is 0 Å². The van der Waals surface area contributed by atoms with Crippen LogP contribution in [0.4, 0.5) is 0 Å². The van der Waals surface area contributed by atoms with Gasteiger partial charge in [-0.3, -0.25) is 4.79 Å². The topological polar surface area (TPSA) is 76.0 Å². The predicted molar refractivity (Wildman–Crippen MR) is 59.1 cm³/mol. The Morgan fingerprint density at radius 2 is 2.06 bits per heavy atom. The maximum absolute atomic E-state index is 11.7. The average Bonchev–Trinajstić information content (AvgIpc) is 2.24. The van der Waals surface area contributed by atoms with Gasteiger partial charge in [-0.25, -0.2) is 0 Å². The third kappa shape index (κ3) is 2.22. The van der Waals surface area contributed by atoms with Crippen molar-refractivity contribution in [1.29, 1.82) is 0 Å². The lowest BCUT2D eigenvalue weighted by atomic mass is 9.82. The molecule has 96 valence electrons. The van der Waals surface area contributed by atoms with Gasteiger partial charge in [-0.15, -0.1) is 0 Å². The average molecular weight is 242 g/mol. The number of carbonyl (C=O) groups is 1. The molecule has 0 amide bonds. The first-order valence-corrected chi connectivity index (χ1v) is 5.89. The second kappa shape index (κ2) is 4.76. The fourth-order valence-electron chi connectivity index (χ4n) is 2.49. The van der Waals surface area contributed by atoms with Gasteiger partial charge in [0.1, 0.15) is 24.2 Å². The van der Waals surface area contributed by atoms with E-state index < -0.39 is 30.2 Å². The molecule has 0 saturated carbocycles. The molecule has 0 radical (unpaired) electrons. The zero-order valence-electron chi connectivity index (χ0n) is 9.95. The van der Waals surface area contributed by atoms with Gasteiger partial charge in [-0.05, 0) is 13.8 Å². The first-order valence-electron chi connectivity index (χ1n) is 5.89. The minimum absolute atomic E-state index is 0.211. The highest BCUT2D eigenvalue weighted by atomic mass is 16.6. The summed E-state index contributed by atoms with van der Waals surface area (Å²) < 4.78 is 10.7. The molecule has 2 aliphatic heterocycles. The standard InChI is InChI=1S/C12H18O5/c1-3-4-7-10(13)11(14)9-8(17-7)5-6(2)16-12(9)15/h3-4,6-11,13-14H,5H2,1-2H3/b4-3+/t6-,7+,8-,9+,10+,11+/m0/s1. The first-order chi connectivity index (χ1) is 8.04. The van der Waals surface area contributed by atoms with Crippen molar-refractivity contribution < 1.29 is 24.5 Å². The summed E-state index contributed by atoms with van der Waals surface area (Å²) >= 11 is 0. The Morgan fingerprint density at radius 3 is 2.71 bits per heavy atom. The monoisotopic (exact) mass is 242 g/mol. The quantitative estimate of drug-likeness (QED) is 0.500. The Labute approximate surface area is 100 Å². The van der Waals surface area contributed by atoms with Crippen LogP contribution < -0.4 is 0 Å². The maximum atomic E-state index is 11.7. The number of carbonyl (C=O) groups excluding carboxylic acids is 1. The van der Waals surface area contributed by atoms with Crippen LogP contribution in [0.1, 0.15) is 20.3 Å². The van der Waals surface area contributed by atoms with Crippen LogP contribution in [0.2, 0.25) is 0 Å². The van der Waals surface area contributed by atoms with E-state index in [-0.39, 0.29) is 12.2 Å². The normalized spacial score (nSPS) is 46.7. The third-order valence-corrected chi connectivity index (χ3v) is 3.32. The van der Waals surface area contributed by atoms with Crippen molar-refractivity contribution in [3.63, 3.8) is 0 Å². The Kier molecular flexibility index (Phi) is 3.51. The molecule has 2 rings (SSSR count). The van der Waals surface area contributed by atoms with Gasteiger partial charge in [0, 0.05) is 6.42 Å². The van der Waals surface area contributed by atoms with Crippen molar-refractivity contribution in [1.82, 2.24) is 0 Å². The van der Waals surface area contributed by atoms with Crippen LogP contribution in [0.25, 0.3) is 0 Å². The van der Waals surface area contributed by atoms with Crippen LogP contribution in [-0.4, -0.2) is 46.7 Å². The molecule has 0 aromatic carbocycles. The van der Waals surface area contributed by atoms with Gasteiger partial charge >= 0.3 is 5.97 Å². The molecule has 2 saturated heterocycles. The number of esters is 1. The molecule has 0 aliphatic carbocycles.